The summed E-state index contributed by atoms with van der Waals surface area (Å²) in [6.07, 6.45) is 9.64. The van der Waals surface area contributed by atoms with Crippen molar-refractivity contribution >= 4 is 0 Å². The Balaban J connectivity index is 2.28. The fraction of sp³-hybridized carbons (Fsp3) is 0.600. The Bertz CT molecular complexity index is 254. The topological polar surface area (TPSA) is 0 Å². The Morgan fingerprint density at radius 3 is 2.47 bits per heavy atom. The van der Waals surface area contributed by atoms with Crippen LogP contribution in [0.15, 0.2) is 36.0 Å². The first-order valence-electron chi connectivity index (χ1n) is 6.07. The predicted molar refractivity (Wildman–Crippen MR) is 68.9 cm³/mol. The third kappa shape index (κ3) is 4.51. The molecule has 0 bridgehead atoms. The molecule has 0 aromatic rings. The minimum absolute atomic E-state index is 0.765. The number of hydrogen-bond acceptors (Lipinski definition) is 0. The summed E-state index contributed by atoms with van der Waals surface area (Å²) in [4.78, 5) is 0. The standard InChI is InChI=1S/C15H24/c1-12(2)6-5-7-14(4)15-10-8-13(3)9-11-15/h6,15H,3-5,7-11H2,1-2H3. The van der Waals surface area contributed by atoms with Gasteiger partial charge in [0.2, 0.25) is 0 Å². The van der Waals surface area contributed by atoms with Gasteiger partial charge in [-0.3, -0.25) is 0 Å². The van der Waals surface area contributed by atoms with Crippen molar-refractivity contribution in [3.63, 3.8) is 0 Å². The van der Waals surface area contributed by atoms with Gasteiger partial charge in [-0.05, 0) is 58.3 Å². The molecule has 0 radical (unpaired) electrons. The van der Waals surface area contributed by atoms with Gasteiger partial charge in [-0.15, -0.1) is 0 Å². The number of hydrogen-bond donors (Lipinski definition) is 0. The molecule has 0 saturated heterocycles. The lowest BCUT2D eigenvalue weighted by Crippen LogP contribution is -2.09. The van der Waals surface area contributed by atoms with Gasteiger partial charge in [0.1, 0.15) is 0 Å². The maximum atomic E-state index is 4.24. The van der Waals surface area contributed by atoms with Gasteiger partial charge >= 0.3 is 0 Å². The quantitative estimate of drug-likeness (QED) is 0.563. The molecule has 1 fully saturated rings. The van der Waals surface area contributed by atoms with Crippen LogP contribution in [0.25, 0.3) is 0 Å². The van der Waals surface area contributed by atoms with Crippen LogP contribution in [0.4, 0.5) is 0 Å². The second kappa shape index (κ2) is 5.95. The Hall–Kier alpha value is -0.780. The maximum absolute atomic E-state index is 4.24. The van der Waals surface area contributed by atoms with Crippen LogP contribution in [0.3, 0.4) is 0 Å². The zero-order valence-electron chi connectivity index (χ0n) is 10.3. The molecule has 0 aromatic carbocycles. The van der Waals surface area contributed by atoms with Crippen molar-refractivity contribution in [3.05, 3.63) is 36.0 Å². The summed E-state index contributed by atoms with van der Waals surface area (Å²) in [6.45, 7) is 12.6. The lowest BCUT2D eigenvalue weighted by atomic mass is 9.81. The summed E-state index contributed by atoms with van der Waals surface area (Å²) in [5.74, 6) is 0.765. The third-order valence-corrected chi connectivity index (χ3v) is 3.29. The number of rotatable bonds is 4. The molecule has 0 nitrogen and oxygen atoms in total. The minimum atomic E-state index is 0.765. The highest BCUT2D eigenvalue weighted by Gasteiger charge is 2.17. The Kier molecular flexibility index (Phi) is 4.87. The molecular weight excluding hydrogens is 180 g/mol. The van der Waals surface area contributed by atoms with Crippen LogP contribution in [-0.4, -0.2) is 0 Å². The molecule has 1 saturated carbocycles. The molecule has 0 aliphatic heterocycles. The SMILES string of the molecule is C=C1CCC(C(=C)CCC=C(C)C)CC1. The van der Waals surface area contributed by atoms with E-state index in [1.807, 2.05) is 0 Å². The van der Waals surface area contributed by atoms with E-state index in [2.05, 4.69) is 33.1 Å². The Morgan fingerprint density at radius 1 is 1.33 bits per heavy atom. The van der Waals surface area contributed by atoms with E-state index in [4.69, 9.17) is 0 Å². The molecule has 0 unspecified atom stereocenters. The normalized spacial score (nSPS) is 17.6. The molecular formula is C15H24. The van der Waals surface area contributed by atoms with E-state index in [9.17, 15) is 0 Å². The van der Waals surface area contributed by atoms with Gasteiger partial charge in [0.05, 0.1) is 0 Å². The molecule has 0 spiro atoms. The zero-order chi connectivity index (χ0) is 11.3. The Labute approximate surface area is 94.8 Å². The van der Waals surface area contributed by atoms with E-state index in [-0.39, 0.29) is 0 Å². The van der Waals surface area contributed by atoms with E-state index in [0.29, 0.717) is 0 Å². The van der Waals surface area contributed by atoms with Crippen LogP contribution >= 0.6 is 0 Å². The van der Waals surface area contributed by atoms with Crippen LogP contribution in [-0.2, 0) is 0 Å². The summed E-state index contributed by atoms with van der Waals surface area (Å²) in [7, 11) is 0. The van der Waals surface area contributed by atoms with E-state index in [1.54, 1.807) is 0 Å². The average Bonchev–Trinajstić information content (AvgIpc) is 2.18. The summed E-state index contributed by atoms with van der Waals surface area (Å²) in [5.41, 5.74) is 4.31. The summed E-state index contributed by atoms with van der Waals surface area (Å²) >= 11 is 0. The number of allylic oxidation sites excluding steroid dienone is 4. The fourth-order valence-electron chi connectivity index (χ4n) is 2.18. The van der Waals surface area contributed by atoms with Gasteiger partial charge < -0.3 is 0 Å². The van der Waals surface area contributed by atoms with Crippen molar-refractivity contribution in [2.24, 2.45) is 5.92 Å². The van der Waals surface area contributed by atoms with Gasteiger partial charge in [-0.1, -0.05) is 36.0 Å². The van der Waals surface area contributed by atoms with E-state index < -0.39 is 0 Å². The van der Waals surface area contributed by atoms with Gasteiger partial charge in [-0.25, -0.2) is 0 Å². The average molecular weight is 204 g/mol. The smallest absolute Gasteiger partial charge is 0.0200 e. The third-order valence-electron chi connectivity index (χ3n) is 3.29. The molecule has 0 heteroatoms. The fourth-order valence-corrected chi connectivity index (χ4v) is 2.18. The largest absolute Gasteiger partial charge is 0.0999 e. The van der Waals surface area contributed by atoms with Crippen LogP contribution in [0, 0.1) is 5.92 Å². The molecule has 0 heterocycles. The first kappa shape index (κ1) is 12.3. The van der Waals surface area contributed by atoms with Crippen LogP contribution in [0.5, 0.6) is 0 Å². The maximum Gasteiger partial charge on any atom is -0.0200 e. The van der Waals surface area contributed by atoms with Crippen molar-refractivity contribution in [3.8, 4) is 0 Å². The molecule has 1 aliphatic carbocycles. The highest BCUT2D eigenvalue weighted by atomic mass is 14.2. The minimum Gasteiger partial charge on any atom is -0.0999 e. The summed E-state index contributed by atoms with van der Waals surface area (Å²) < 4.78 is 0. The van der Waals surface area contributed by atoms with E-state index >= 15 is 0 Å². The summed E-state index contributed by atoms with van der Waals surface area (Å²) in [6, 6.07) is 0. The molecule has 0 N–H and O–H groups in total. The van der Waals surface area contributed by atoms with Crippen LogP contribution < -0.4 is 0 Å². The first-order chi connectivity index (χ1) is 7.09. The zero-order valence-corrected chi connectivity index (χ0v) is 10.3. The Morgan fingerprint density at radius 2 is 1.93 bits per heavy atom. The molecule has 1 rings (SSSR count). The lowest BCUT2D eigenvalue weighted by molar-refractivity contribution is 0.456. The molecule has 1 aliphatic rings. The van der Waals surface area contributed by atoms with Crippen molar-refractivity contribution < 1.29 is 0 Å². The highest BCUT2D eigenvalue weighted by molar-refractivity contribution is 5.09. The monoisotopic (exact) mass is 204 g/mol. The first-order valence-corrected chi connectivity index (χ1v) is 6.07. The lowest BCUT2D eigenvalue weighted by Gasteiger charge is -2.25. The van der Waals surface area contributed by atoms with Crippen LogP contribution in [0.2, 0.25) is 0 Å². The van der Waals surface area contributed by atoms with E-state index in [0.717, 1.165) is 5.92 Å². The van der Waals surface area contributed by atoms with Crippen molar-refractivity contribution in [1.82, 2.24) is 0 Å². The van der Waals surface area contributed by atoms with Gasteiger partial charge in [-0.2, -0.15) is 0 Å². The molecule has 0 amide bonds. The van der Waals surface area contributed by atoms with Gasteiger partial charge in [0.15, 0.2) is 0 Å². The van der Waals surface area contributed by atoms with Gasteiger partial charge in [0, 0.05) is 0 Å². The van der Waals surface area contributed by atoms with Crippen molar-refractivity contribution in [2.45, 2.75) is 52.4 Å². The molecule has 84 valence electrons. The highest BCUT2D eigenvalue weighted by Crippen LogP contribution is 2.33. The van der Waals surface area contributed by atoms with Crippen molar-refractivity contribution in [2.75, 3.05) is 0 Å². The van der Waals surface area contributed by atoms with Crippen molar-refractivity contribution in [1.29, 1.82) is 0 Å². The second-order valence-corrected chi connectivity index (χ2v) is 5.00. The van der Waals surface area contributed by atoms with Crippen LogP contribution in [0.1, 0.15) is 52.4 Å². The molecule has 0 aromatic heterocycles. The van der Waals surface area contributed by atoms with Gasteiger partial charge in [0.25, 0.3) is 0 Å². The molecule has 15 heavy (non-hydrogen) atoms. The molecule has 0 atom stereocenters. The second-order valence-electron chi connectivity index (χ2n) is 5.00. The predicted octanol–water partition coefficient (Wildman–Crippen LogP) is 5.04. The van der Waals surface area contributed by atoms with E-state index in [1.165, 1.54) is 55.2 Å². The summed E-state index contributed by atoms with van der Waals surface area (Å²) in [5, 5.41) is 0.